The van der Waals surface area contributed by atoms with Crippen molar-refractivity contribution in [3.8, 4) is 10.6 Å². The van der Waals surface area contributed by atoms with Crippen LogP contribution in [0.25, 0.3) is 10.6 Å². The van der Waals surface area contributed by atoms with E-state index in [2.05, 4.69) is 9.72 Å². The topological polar surface area (TPSA) is 39.2 Å². The monoisotopic (exact) mass is 239 g/mol. The quantitative estimate of drug-likeness (QED) is 0.773. The van der Waals surface area contributed by atoms with Crippen LogP contribution in [0, 0.1) is 0 Å². The molecule has 0 N–H and O–H groups in total. The number of aromatic nitrogens is 1. The number of hydrogen-bond donors (Lipinski definition) is 0. The Morgan fingerprint density at radius 1 is 1.53 bits per heavy atom. The Balaban J connectivity index is 2.14. The summed E-state index contributed by atoms with van der Waals surface area (Å²) in [5, 5.41) is 6.90. The van der Waals surface area contributed by atoms with Crippen LogP contribution >= 0.6 is 22.7 Å². The van der Waals surface area contributed by atoms with Crippen LogP contribution in [0.1, 0.15) is 5.69 Å². The van der Waals surface area contributed by atoms with Crippen molar-refractivity contribution in [3.63, 3.8) is 0 Å². The first-order valence-corrected chi connectivity index (χ1v) is 6.15. The molecule has 78 valence electrons. The smallest absolute Gasteiger partial charge is 0.311 e. The fourth-order valence-corrected chi connectivity index (χ4v) is 2.66. The van der Waals surface area contributed by atoms with Crippen molar-refractivity contribution in [2.75, 3.05) is 7.11 Å². The molecule has 0 radical (unpaired) electrons. The van der Waals surface area contributed by atoms with E-state index < -0.39 is 0 Å². The van der Waals surface area contributed by atoms with Crippen LogP contribution in [0.4, 0.5) is 0 Å². The molecule has 5 heteroatoms. The van der Waals surface area contributed by atoms with Gasteiger partial charge in [0, 0.05) is 16.3 Å². The van der Waals surface area contributed by atoms with Crippen molar-refractivity contribution in [2.45, 2.75) is 6.42 Å². The third-order valence-electron chi connectivity index (χ3n) is 1.87. The summed E-state index contributed by atoms with van der Waals surface area (Å²) in [6, 6.07) is 2.02. The summed E-state index contributed by atoms with van der Waals surface area (Å²) < 4.78 is 4.58. The molecule has 2 rings (SSSR count). The van der Waals surface area contributed by atoms with E-state index in [1.165, 1.54) is 7.11 Å². The maximum Gasteiger partial charge on any atom is 0.311 e. The summed E-state index contributed by atoms with van der Waals surface area (Å²) in [6.07, 6.45) is 0.247. The molecule has 0 aliphatic rings. The van der Waals surface area contributed by atoms with Gasteiger partial charge in [0.15, 0.2) is 0 Å². The third kappa shape index (κ3) is 2.43. The van der Waals surface area contributed by atoms with Gasteiger partial charge in [-0.2, -0.15) is 11.3 Å². The highest BCUT2D eigenvalue weighted by Crippen LogP contribution is 2.25. The maximum absolute atomic E-state index is 11.0. The number of nitrogens with zero attached hydrogens (tertiary/aromatic N) is 1. The van der Waals surface area contributed by atoms with Gasteiger partial charge < -0.3 is 4.74 Å². The van der Waals surface area contributed by atoms with E-state index in [0.717, 1.165) is 16.3 Å². The molecular formula is C10H9NO2S2. The van der Waals surface area contributed by atoms with Gasteiger partial charge in [-0.15, -0.1) is 11.3 Å². The summed E-state index contributed by atoms with van der Waals surface area (Å²) in [6.45, 7) is 0. The number of hydrogen-bond acceptors (Lipinski definition) is 5. The Kier molecular flexibility index (Phi) is 3.13. The first-order chi connectivity index (χ1) is 7.29. The van der Waals surface area contributed by atoms with Crippen LogP contribution < -0.4 is 0 Å². The fraction of sp³-hybridized carbons (Fsp3) is 0.200. The van der Waals surface area contributed by atoms with Crippen molar-refractivity contribution in [1.82, 2.24) is 4.98 Å². The second-order valence-electron chi connectivity index (χ2n) is 2.91. The Hall–Kier alpha value is -1.20. The number of esters is 1. The maximum atomic E-state index is 11.0. The number of thiazole rings is 1. The largest absolute Gasteiger partial charge is 0.469 e. The molecule has 0 fully saturated rings. The van der Waals surface area contributed by atoms with Crippen molar-refractivity contribution in [3.05, 3.63) is 27.9 Å². The van der Waals surface area contributed by atoms with E-state index in [4.69, 9.17) is 0 Å². The fourth-order valence-electron chi connectivity index (χ4n) is 1.13. The summed E-state index contributed by atoms with van der Waals surface area (Å²) in [7, 11) is 1.38. The molecule has 0 saturated heterocycles. The Labute approximate surface area is 95.4 Å². The van der Waals surface area contributed by atoms with Gasteiger partial charge in [-0.1, -0.05) is 0 Å². The predicted octanol–water partition coefficient (Wildman–Crippen LogP) is 2.59. The summed E-state index contributed by atoms with van der Waals surface area (Å²) in [4.78, 5) is 15.4. The summed E-state index contributed by atoms with van der Waals surface area (Å²) in [5.41, 5.74) is 1.88. The van der Waals surface area contributed by atoms with Crippen molar-refractivity contribution in [1.29, 1.82) is 0 Å². The third-order valence-corrected chi connectivity index (χ3v) is 3.50. The highest BCUT2D eigenvalue weighted by Gasteiger charge is 2.08. The first kappa shape index (κ1) is 10.3. The molecule has 0 atom stereocenters. The number of rotatable bonds is 3. The van der Waals surface area contributed by atoms with Crippen LogP contribution in [-0.4, -0.2) is 18.1 Å². The van der Waals surface area contributed by atoms with Crippen LogP contribution in [-0.2, 0) is 16.0 Å². The normalized spacial score (nSPS) is 10.2. The Morgan fingerprint density at radius 2 is 2.40 bits per heavy atom. The zero-order valence-corrected chi connectivity index (χ0v) is 9.73. The molecule has 0 aromatic carbocycles. The molecule has 2 aromatic heterocycles. The van der Waals surface area contributed by atoms with Crippen molar-refractivity contribution in [2.24, 2.45) is 0 Å². The molecule has 3 nitrogen and oxygen atoms in total. The first-order valence-electron chi connectivity index (χ1n) is 4.33. The summed E-state index contributed by atoms with van der Waals surface area (Å²) >= 11 is 3.18. The van der Waals surface area contributed by atoms with Crippen molar-refractivity contribution >= 4 is 28.6 Å². The average Bonchev–Trinajstić information content (AvgIpc) is 2.85. The van der Waals surface area contributed by atoms with Gasteiger partial charge in [-0.25, -0.2) is 4.98 Å². The summed E-state index contributed by atoms with van der Waals surface area (Å²) in [5.74, 6) is -0.253. The number of carbonyl (C=O) groups excluding carboxylic acids is 1. The molecule has 0 aliphatic carbocycles. The molecule has 15 heavy (non-hydrogen) atoms. The lowest BCUT2D eigenvalue weighted by molar-refractivity contribution is -0.139. The van der Waals surface area contributed by atoms with Crippen molar-refractivity contribution < 1.29 is 9.53 Å². The van der Waals surface area contributed by atoms with Gasteiger partial charge >= 0.3 is 5.97 Å². The molecule has 0 aliphatic heterocycles. The van der Waals surface area contributed by atoms with Gasteiger partial charge in [-0.3, -0.25) is 4.79 Å². The van der Waals surface area contributed by atoms with E-state index in [1.807, 2.05) is 22.2 Å². The second kappa shape index (κ2) is 4.55. The standard InChI is InChI=1S/C10H9NO2S2/c1-13-9(12)4-8-6-15-10(11-8)7-2-3-14-5-7/h2-3,5-6H,4H2,1H3. The molecule has 2 heterocycles. The number of methoxy groups -OCH3 is 1. The van der Waals surface area contributed by atoms with Crippen LogP contribution in [0.2, 0.25) is 0 Å². The Morgan fingerprint density at radius 3 is 3.07 bits per heavy atom. The van der Waals surface area contributed by atoms with Crippen LogP contribution in [0.5, 0.6) is 0 Å². The lowest BCUT2D eigenvalue weighted by atomic mass is 10.3. The van der Waals surface area contributed by atoms with E-state index in [9.17, 15) is 4.79 Å². The number of thiophene rings is 1. The molecule has 0 bridgehead atoms. The van der Waals surface area contributed by atoms with Gasteiger partial charge in [0.05, 0.1) is 19.2 Å². The lowest BCUT2D eigenvalue weighted by Crippen LogP contribution is -2.04. The molecule has 0 amide bonds. The molecular weight excluding hydrogens is 230 g/mol. The van der Waals surface area contributed by atoms with Gasteiger partial charge in [0.1, 0.15) is 5.01 Å². The zero-order valence-electron chi connectivity index (χ0n) is 8.10. The minimum atomic E-state index is -0.253. The van der Waals surface area contributed by atoms with Gasteiger partial charge in [-0.05, 0) is 11.4 Å². The van der Waals surface area contributed by atoms with E-state index in [1.54, 1.807) is 22.7 Å². The molecule has 0 spiro atoms. The van der Waals surface area contributed by atoms with Gasteiger partial charge in [0.2, 0.25) is 0 Å². The second-order valence-corrected chi connectivity index (χ2v) is 4.55. The molecule has 0 unspecified atom stereocenters. The minimum absolute atomic E-state index is 0.247. The van der Waals surface area contributed by atoms with E-state index in [0.29, 0.717) is 0 Å². The van der Waals surface area contributed by atoms with E-state index >= 15 is 0 Å². The molecule has 2 aromatic rings. The lowest BCUT2D eigenvalue weighted by Gasteiger charge is -1.93. The zero-order chi connectivity index (χ0) is 10.7. The number of carbonyl (C=O) groups is 1. The number of ether oxygens (including phenoxy) is 1. The average molecular weight is 239 g/mol. The Bertz CT molecular complexity index is 448. The van der Waals surface area contributed by atoms with Gasteiger partial charge in [0.25, 0.3) is 0 Å². The van der Waals surface area contributed by atoms with Crippen LogP contribution in [0.15, 0.2) is 22.2 Å². The highest BCUT2D eigenvalue weighted by atomic mass is 32.1. The van der Waals surface area contributed by atoms with E-state index in [-0.39, 0.29) is 12.4 Å². The van der Waals surface area contributed by atoms with Crippen LogP contribution in [0.3, 0.4) is 0 Å². The highest BCUT2D eigenvalue weighted by molar-refractivity contribution is 7.14. The minimum Gasteiger partial charge on any atom is -0.469 e. The molecule has 0 saturated carbocycles. The SMILES string of the molecule is COC(=O)Cc1csc(-c2ccsc2)n1. The predicted molar refractivity (Wildman–Crippen MR) is 61.1 cm³/mol.